The van der Waals surface area contributed by atoms with Crippen molar-refractivity contribution in [3.63, 3.8) is 0 Å². The summed E-state index contributed by atoms with van der Waals surface area (Å²) < 4.78 is 10.0. The van der Waals surface area contributed by atoms with Crippen molar-refractivity contribution in [2.75, 3.05) is 25.1 Å². The van der Waals surface area contributed by atoms with E-state index in [4.69, 9.17) is 9.47 Å². The Kier molecular flexibility index (Phi) is 9.04. The molecule has 1 aromatic carbocycles. The minimum absolute atomic E-state index is 0.00753. The molecule has 0 saturated carbocycles. The minimum atomic E-state index is -0.910. The molecular formula is C22H23N3O6S. The Morgan fingerprint density at radius 3 is 2.50 bits per heavy atom. The smallest absolute Gasteiger partial charge is 0.410 e. The third kappa shape index (κ3) is 6.72. The molecule has 1 saturated heterocycles. The predicted molar refractivity (Wildman–Crippen MR) is 119 cm³/mol. The number of benzene rings is 1. The highest BCUT2D eigenvalue weighted by molar-refractivity contribution is 7.96. The molecule has 168 valence electrons. The van der Waals surface area contributed by atoms with Gasteiger partial charge in [0.2, 0.25) is 5.91 Å². The number of nitrogens with zero attached hydrogens (tertiary/aromatic N) is 2. The maximum atomic E-state index is 13.0. The summed E-state index contributed by atoms with van der Waals surface area (Å²) in [5.41, 5.74) is 0.404. The van der Waals surface area contributed by atoms with E-state index in [0.717, 1.165) is 0 Å². The molecule has 1 aliphatic rings. The largest absolute Gasteiger partial charge is 0.458 e. The first kappa shape index (κ1) is 24.7. The van der Waals surface area contributed by atoms with Crippen LogP contribution >= 0.6 is 12.6 Å². The maximum absolute atomic E-state index is 13.0. The number of amides is 2. The van der Waals surface area contributed by atoms with Crippen molar-refractivity contribution in [1.29, 1.82) is 5.26 Å². The Balaban J connectivity index is 2.23. The van der Waals surface area contributed by atoms with Gasteiger partial charge in [0.15, 0.2) is 5.12 Å². The number of rotatable bonds is 9. The molecule has 1 fully saturated rings. The van der Waals surface area contributed by atoms with Gasteiger partial charge in [0, 0.05) is 18.7 Å². The van der Waals surface area contributed by atoms with E-state index >= 15 is 0 Å². The molecule has 2 rings (SSSR count). The fourth-order valence-corrected chi connectivity index (χ4v) is 3.57. The van der Waals surface area contributed by atoms with Crippen LogP contribution in [-0.4, -0.2) is 53.8 Å². The number of nitrogens with one attached hydrogen (secondary N) is 1. The molecule has 0 bridgehead atoms. The number of anilines is 1. The van der Waals surface area contributed by atoms with Crippen molar-refractivity contribution in [2.24, 2.45) is 5.92 Å². The van der Waals surface area contributed by atoms with E-state index in [1.54, 1.807) is 0 Å². The second-order valence-corrected chi connectivity index (χ2v) is 7.52. The molecule has 0 spiro atoms. The van der Waals surface area contributed by atoms with Gasteiger partial charge in [-0.3, -0.25) is 14.5 Å². The Labute approximate surface area is 191 Å². The van der Waals surface area contributed by atoms with E-state index in [0.29, 0.717) is 0 Å². The average Bonchev–Trinajstić information content (AvgIpc) is 3.18. The molecule has 1 aromatic rings. The molecule has 2 atom stereocenters. The summed E-state index contributed by atoms with van der Waals surface area (Å²) in [6.07, 6.45) is 2.42. The van der Waals surface area contributed by atoms with Gasteiger partial charge < -0.3 is 14.8 Å². The second-order valence-electron chi connectivity index (χ2n) is 7.02. The van der Waals surface area contributed by atoms with Crippen LogP contribution in [0.5, 0.6) is 0 Å². The molecule has 1 heterocycles. The summed E-state index contributed by atoms with van der Waals surface area (Å²) in [6, 6.07) is 5.11. The van der Waals surface area contributed by atoms with Gasteiger partial charge in [-0.2, -0.15) is 5.26 Å². The molecule has 9 nitrogen and oxygen atoms in total. The quantitative estimate of drug-likeness (QED) is 0.332. The Morgan fingerprint density at radius 1 is 1.19 bits per heavy atom. The molecule has 1 N–H and O–H groups in total. The van der Waals surface area contributed by atoms with Gasteiger partial charge in [-0.05, 0) is 30.5 Å². The molecule has 0 aliphatic carbocycles. The molecule has 0 radical (unpaired) electrons. The minimum Gasteiger partial charge on any atom is -0.458 e. The van der Waals surface area contributed by atoms with Crippen LogP contribution in [0, 0.1) is 17.2 Å². The highest BCUT2D eigenvalue weighted by Gasteiger charge is 2.40. The lowest BCUT2D eigenvalue weighted by Crippen LogP contribution is -2.43. The predicted octanol–water partition coefficient (Wildman–Crippen LogP) is 2.70. The van der Waals surface area contributed by atoms with Gasteiger partial charge in [0.1, 0.15) is 19.3 Å². The topological polar surface area (TPSA) is 126 Å². The van der Waals surface area contributed by atoms with Crippen molar-refractivity contribution in [1.82, 2.24) is 4.90 Å². The van der Waals surface area contributed by atoms with Crippen LogP contribution in [-0.2, 0) is 19.1 Å². The van der Waals surface area contributed by atoms with E-state index in [9.17, 15) is 24.4 Å². The Hall–Kier alpha value is -3.58. The SMILES string of the molecule is C=CCOC(=O)c1cc(C#N)cc(NC(=O)[C@@H]2C[C@@H](CC(=O)S)CN2C(=O)OCC=C)c1. The van der Waals surface area contributed by atoms with Gasteiger partial charge in [0.05, 0.1) is 17.2 Å². The van der Waals surface area contributed by atoms with Gasteiger partial charge in [-0.25, -0.2) is 9.59 Å². The number of carbonyl (C=O) groups excluding carboxylic acids is 4. The summed E-state index contributed by atoms with van der Waals surface area (Å²) in [5, 5.41) is 11.5. The first-order chi connectivity index (χ1) is 15.3. The van der Waals surface area contributed by atoms with E-state index in [2.05, 4.69) is 31.1 Å². The summed E-state index contributed by atoms with van der Waals surface area (Å²) in [5.74, 6) is -1.49. The zero-order valence-electron chi connectivity index (χ0n) is 17.3. The van der Waals surface area contributed by atoms with Crippen molar-refractivity contribution < 1.29 is 28.7 Å². The summed E-state index contributed by atoms with van der Waals surface area (Å²) >= 11 is 3.78. The van der Waals surface area contributed by atoms with Crippen LogP contribution in [0.25, 0.3) is 0 Å². The second kappa shape index (κ2) is 11.7. The van der Waals surface area contributed by atoms with Gasteiger partial charge in [-0.15, -0.1) is 12.6 Å². The van der Waals surface area contributed by atoms with Crippen molar-refractivity contribution in [2.45, 2.75) is 18.9 Å². The zero-order valence-corrected chi connectivity index (χ0v) is 18.2. The van der Waals surface area contributed by atoms with Gasteiger partial charge in [-0.1, -0.05) is 25.3 Å². The lowest BCUT2D eigenvalue weighted by atomic mass is 10.0. The van der Waals surface area contributed by atoms with Gasteiger partial charge >= 0.3 is 12.1 Å². The van der Waals surface area contributed by atoms with E-state index in [1.807, 2.05) is 6.07 Å². The normalized spacial score (nSPS) is 17.1. The van der Waals surface area contributed by atoms with Crippen LogP contribution in [0.3, 0.4) is 0 Å². The van der Waals surface area contributed by atoms with Crippen molar-refractivity contribution >= 4 is 41.4 Å². The molecule has 2 amide bonds. The Bertz CT molecular complexity index is 971. The monoisotopic (exact) mass is 457 g/mol. The fourth-order valence-electron chi connectivity index (χ4n) is 3.31. The van der Waals surface area contributed by atoms with Crippen molar-refractivity contribution in [3.8, 4) is 6.07 Å². The fraction of sp³-hybridized carbons (Fsp3) is 0.318. The number of hydrogen-bond donors (Lipinski definition) is 2. The molecule has 0 aromatic heterocycles. The molecule has 1 aliphatic heterocycles. The highest BCUT2D eigenvalue weighted by Crippen LogP contribution is 2.28. The highest BCUT2D eigenvalue weighted by atomic mass is 32.1. The van der Waals surface area contributed by atoms with Crippen molar-refractivity contribution in [3.05, 3.63) is 54.6 Å². The van der Waals surface area contributed by atoms with E-state index in [1.165, 1.54) is 35.3 Å². The first-order valence-corrected chi connectivity index (χ1v) is 10.1. The summed E-state index contributed by atoms with van der Waals surface area (Å²) in [6.45, 7) is 7.06. The first-order valence-electron chi connectivity index (χ1n) is 9.69. The van der Waals surface area contributed by atoms with Crippen LogP contribution in [0.1, 0.15) is 28.8 Å². The molecule has 32 heavy (non-hydrogen) atoms. The number of nitriles is 1. The lowest BCUT2D eigenvalue weighted by Gasteiger charge is -2.23. The van der Waals surface area contributed by atoms with Gasteiger partial charge in [0.25, 0.3) is 0 Å². The number of carbonyl (C=O) groups is 4. The number of esters is 1. The number of ether oxygens (including phenoxy) is 2. The maximum Gasteiger partial charge on any atom is 0.410 e. The summed E-state index contributed by atoms with van der Waals surface area (Å²) in [7, 11) is 0. The average molecular weight is 458 g/mol. The zero-order chi connectivity index (χ0) is 23.7. The van der Waals surface area contributed by atoms with Crippen LogP contribution in [0.15, 0.2) is 43.5 Å². The lowest BCUT2D eigenvalue weighted by molar-refractivity contribution is -0.120. The number of likely N-dealkylation sites (tertiary alicyclic amines) is 1. The van der Waals surface area contributed by atoms with Crippen LogP contribution in [0.4, 0.5) is 10.5 Å². The molecular weight excluding hydrogens is 434 g/mol. The number of hydrogen-bond acceptors (Lipinski definition) is 7. The van der Waals surface area contributed by atoms with E-state index < -0.39 is 24.0 Å². The third-order valence-corrected chi connectivity index (χ3v) is 4.79. The molecule has 10 heteroatoms. The standard InChI is InChI=1S/C22H23N3O6S/c1-3-5-30-21(28)16-7-14(12-23)8-17(11-16)24-20(27)18-9-15(10-19(26)32)13-25(18)22(29)31-6-4-2/h3-4,7-8,11,15,18H,1-2,5-6,9-10,13H2,(H,24,27)(H,26,32)/t15-,18-/m0/s1. The summed E-state index contributed by atoms with van der Waals surface area (Å²) in [4.78, 5) is 50.2. The third-order valence-electron chi connectivity index (χ3n) is 4.61. The number of thiol groups is 1. The van der Waals surface area contributed by atoms with E-state index in [-0.39, 0.29) is 60.4 Å². The van der Waals surface area contributed by atoms with Crippen LogP contribution in [0.2, 0.25) is 0 Å². The van der Waals surface area contributed by atoms with Crippen LogP contribution < -0.4 is 5.32 Å². The molecule has 0 unspecified atom stereocenters. The Morgan fingerprint density at radius 2 is 1.88 bits per heavy atom.